The number of anilines is 1. The molecule has 0 saturated heterocycles. The average molecular weight is 479 g/mol. The van der Waals surface area contributed by atoms with E-state index in [1.165, 1.54) is 0 Å². The standard InChI is InChI=1S/C10H6BrClINO2S2/c11-7-3-4-17-10(7)18(15,16)14-9-2-1-6(13)5-8(9)12/h1-5,14H. The highest BCUT2D eigenvalue weighted by atomic mass is 127. The van der Waals surface area contributed by atoms with Gasteiger partial charge in [-0.05, 0) is 68.2 Å². The van der Waals surface area contributed by atoms with Gasteiger partial charge in [-0.15, -0.1) is 11.3 Å². The van der Waals surface area contributed by atoms with Gasteiger partial charge in [0.15, 0.2) is 4.21 Å². The zero-order valence-corrected chi connectivity index (χ0v) is 14.8. The van der Waals surface area contributed by atoms with Gasteiger partial charge in [-0.2, -0.15) is 0 Å². The van der Waals surface area contributed by atoms with Crippen LogP contribution in [-0.4, -0.2) is 8.42 Å². The van der Waals surface area contributed by atoms with Crippen molar-refractivity contribution in [2.45, 2.75) is 4.21 Å². The monoisotopic (exact) mass is 477 g/mol. The third kappa shape index (κ3) is 3.19. The zero-order chi connectivity index (χ0) is 13.3. The third-order valence-electron chi connectivity index (χ3n) is 2.00. The van der Waals surface area contributed by atoms with Crippen LogP contribution in [0.4, 0.5) is 5.69 Å². The van der Waals surface area contributed by atoms with Gasteiger partial charge in [-0.3, -0.25) is 4.72 Å². The fourth-order valence-corrected chi connectivity index (χ4v) is 5.61. The van der Waals surface area contributed by atoms with Crippen molar-refractivity contribution in [2.75, 3.05) is 4.72 Å². The molecule has 1 heterocycles. The Morgan fingerprint density at radius 3 is 2.61 bits per heavy atom. The van der Waals surface area contributed by atoms with E-state index in [-0.39, 0.29) is 4.21 Å². The molecule has 18 heavy (non-hydrogen) atoms. The molecule has 0 aliphatic rings. The van der Waals surface area contributed by atoms with Gasteiger partial charge in [0.2, 0.25) is 0 Å². The highest BCUT2D eigenvalue weighted by Gasteiger charge is 2.20. The lowest BCUT2D eigenvalue weighted by atomic mass is 10.3. The molecule has 0 fully saturated rings. The molecule has 1 aromatic carbocycles. The van der Waals surface area contributed by atoms with Crippen molar-refractivity contribution in [1.82, 2.24) is 0 Å². The Morgan fingerprint density at radius 1 is 1.33 bits per heavy atom. The maximum absolute atomic E-state index is 12.1. The molecule has 2 aromatic rings. The van der Waals surface area contributed by atoms with Crippen LogP contribution in [-0.2, 0) is 10.0 Å². The number of benzene rings is 1. The van der Waals surface area contributed by atoms with E-state index >= 15 is 0 Å². The number of rotatable bonds is 3. The second kappa shape index (κ2) is 5.66. The summed E-state index contributed by atoms with van der Waals surface area (Å²) in [5.74, 6) is 0. The summed E-state index contributed by atoms with van der Waals surface area (Å²) >= 11 is 12.5. The van der Waals surface area contributed by atoms with Crippen LogP contribution in [0.15, 0.2) is 38.3 Å². The van der Waals surface area contributed by atoms with Gasteiger partial charge >= 0.3 is 0 Å². The lowest BCUT2D eigenvalue weighted by molar-refractivity contribution is 0.603. The normalized spacial score (nSPS) is 11.5. The van der Waals surface area contributed by atoms with Crippen LogP contribution < -0.4 is 4.72 Å². The van der Waals surface area contributed by atoms with Crippen molar-refractivity contribution in [3.05, 3.63) is 42.7 Å². The molecular formula is C10H6BrClINO2S2. The molecule has 3 nitrogen and oxygen atoms in total. The molecule has 0 radical (unpaired) electrons. The van der Waals surface area contributed by atoms with Crippen molar-refractivity contribution >= 4 is 77.2 Å². The van der Waals surface area contributed by atoms with Gasteiger partial charge in [-0.25, -0.2) is 8.42 Å². The molecule has 0 aliphatic heterocycles. The first-order valence-electron chi connectivity index (χ1n) is 4.61. The molecule has 0 spiro atoms. The van der Waals surface area contributed by atoms with Crippen molar-refractivity contribution < 1.29 is 8.42 Å². The molecule has 8 heteroatoms. The molecule has 1 N–H and O–H groups in total. The SMILES string of the molecule is O=S(=O)(Nc1ccc(I)cc1Cl)c1sccc1Br. The fourth-order valence-electron chi connectivity index (χ4n) is 1.23. The number of hydrogen-bond donors (Lipinski definition) is 1. The summed E-state index contributed by atoms with van der Waals surface area (Å²) in [5, 5.41) is 2.08. The van der Waals surface area contributed by atoms with E-state index in [9.17, 15) is 8.42 Å². The minimum atomic E-state index is -3.60. The molecule has 0 bridgehead atoms. The Hall–Kier alpha value is 0.170. The van der Waals surface area contributed by atoms with Gasteiger partial charge in [0, 0.05) is 8.04 Å². The minimum absolute atomic E-state index is 0.233. The smallest absolute Gasteiger partial charge is 0.272 e. The highest BCUT2D eigenvalue weighted by Crippen LogP contribution is 2.31. The van der Waals surface area contributed by atoms with Crippen molar-refractivity contribution in [3.63, 3.8) is 0 Å². The van der Waals surface area contributed by atoms with Gasteiger partial charge in [-0.1, -0.05) is 11.6 Å². The second-order valence-electron chi connectivity index (χ2n) is 3.29. The second-order valence-corrected chi connectivity index (χ2v) is 8.59. The van der Waals surface area contributed by atoms with Crippen LogP contribution in [0, 0.1) is 3.57 Å². The Labute approximate surface area is 136 Å². The number of nitrogens with one attached hydrogen (secondary N) is 1. The predicted molar refractivity (Wildman–Crippen MR) is 87.0 cm³/mol. The van der Waals surface area contributed by atoms with Crippen LogP contribution in [0.5, 0.6) is 0 Å². The Morgan fingerprint density at radius 2 is 2.06 bits per heavy atom. The van der Waals surface area contributed by atoms with Crippen LogP contribution >= 0.6 is 61.5 Å². The molecule has 1 aromatic heterocycles. The van der Waals surface area contributed by atoms with Crippen LogP contribution in [0.2, 0.25) is 5.02 Å². The summed E-state index contributed by atoms with van der Waals surface area (Å²) in [4.78, 5) is 0. The van der Waals surface area contributed by atoms with Crippen LogP contribution in [0.25, 0.3) is 0 Å². The molecule has 0 unspecified atom stereocenters. The summed E-state index contributed by atoms with van der Waals surface area (Å²) in [6.45, 7) is 0. The fraction of sp³-hybridized carbons (Fsp3) is 0. The lowest BCUT2D eigenvalue weighted by Gasteiger charge is -2.08. The maximum Gasteiger partial charge on any atom is 0.272 e. The maximum atomic E-state index is 12.1. The average Bonchev–Trinajstić information content (AvgIpc) is 2.69. The number of thiophene rings is 1. The van der Waals surface area contributed by atoms with E-state index in [1.54, 1.807) is 29.6 Å². The summed E-state index contributed by atoms with van der Waals surface area (Å²) in [5.41, 5.74) is 0.373. The summed E-state index contributed by atoms with van der Waals surface area (Å²) < 4.78 is 28.5. The van der Waals surface area contributed by atoms with E-state index in [0.717, 1.165) is 14.9 Å². The molecule has 0 amide bonds. The van der Waals surface area contributed by atoms with Crippen molar-refractivity contribution in [3.8, 4) is 0 Å². The first kappa shape index (κ1) is 14.6. The van der Waals surface area contributed by atoms with Crippen LogP contribution in [0.1, 0.15) is 0 Å². The number of sulfonamides is 1. The summed E-state index contributed by atoms with van der Waals surface area (Å²) in [7, 11) is -3.60. The summed E-state index contributed by atoms with van der Waals surface area (Å²) in [6, 6.07) is 6.81. The molecule has 2 rings (SSSR count). The Balaban J connectivity index is 2.37. The van der Waals surface area contributed by atoms with Gasteiger partial charge in [0.05, 0.1) is 10.7 Å². The van der Waals surface area contributed by atoms with Crippen LogP contribution in [0.3, 0.4) is 0 Å². The molecule has 0 aliphatic carbocycles. The third-order valence-corrected chi connectivity index (χ3v) is 7.02. The number of hydrogen-bond acceptors (Lipinski definition) is 3. The molecule has 96 valence electrons. The number of halogens is 3. The summed E-state index contributed by atoms with van der Waals surface area (Å²) in [6.07, 6.45) is 0. The quantitative estimate of drug-likeness (QED) is 0.657. The van der Waals surface area contributed by atoms with E-state index in [0.29, 0.717) is 15.2 Å². The van der Waals surface area contributed by atoms with Gasteiger partial charge in [0.25, 0.3) is 10.0 Å². The van der Waals surface area contributed by atoms with E-state index in [2.05, 4.69) is 43.2 Å². The lowest BCUT2D eigenvalue weighted by Crippen LogP contribution is -2.12. The van der Waals surface area contributed by atoms with E-state index in [4.69, 9.17) is 11.6 Å². The predicted octanol–water partition coefficient (Wildman–Crippen LogP) is 4.57. The minimum Gasteiger partial charge on any atom is -0.277 e. The topological polar surface area (TPSA) is 46.2 Å². The largest absolute Gasteiger partial charge is 0.277 e. The van der Waals surface area contributed by atoms with Gasteiger partial charge in [0.1, 0.15) is 0 Å². The molecular weight excluding hydrogens is 473 g/mol. The Bertz CT molecular complexity index is 687. The van der Waals surface area contributed by atoms with Gasteiger partial charge < -0.3 is 0 Å². The van der Waals surface area contributed by atoms with Crippen molar-refractivity contribution in [1.29, 1.82) is 0 Å². The molecule has 0 atom stereocenters. The van der Waals surface area contributed by atoms with Crippen molar-refractivity contribution in [2.24, 2.45) is 0 Å². The zero-order valence-electron chi connectivity index (χ0n) is 8.65. The molecule has 0 saturated carbocycles. The first-order valence-corrected chi connectivity index (χ1v) is 9.22. The van der Waals surface area contributed by atoms with E-state index in [1.807, 2.05) is 0 Å². The Kier molecular flexibility index (Phi) is 4.58. The first-order chi connectivity index (χ1) is 8.40. The highest BCUT2D eigenvalue weighted by molar-refractivity contribution is 14.1. The van der Waals surface area contributed by atoms with E-state index < -0.39 is 10.0 Å².